The van der Waals surface area contributed by atoms with E-state index in [2.05, 4.69) is 5.32 Å². The molecule has 7 heteroatoms. The van der Waals surface area contributed by atoms with E-state index in [4.69, 9.17) is 5.73 Å². The monoisotopic (exact) mass is 289 g/mol. The Hall–Kier alpha value is -1.92. The number of amides is 1. The van der Waals surface area contributed by atoms with Crippen LogP contribution in [0.4, 0.5) is 24.5 Å². The van der Waals surface area contributed by atoms with Crippen LogP contribution in [0.2, 0.25) is 0 Å². The minimum Gasteiger partial charge on any atom is -0.397 e. The Labute approximate surface area is 115 Å². The van der Waals surface area contributed by atoms with Gasteiger partial charge in [-0.3, -0.25) is 4.79 Å². The third-order valence-corrected chi connectivity index (χ3v) is 2.69. The Morgan fingerprint density at radius 3 is 2.45 bits per heavy atom. The highest BCUT2D eigenvalue weighted by Gasteiger charge is 2.30. The molecule has 20 heavy (non-hydrogen) atoms. The molecule has 1 unspecified atom stereocenters. The maximum Gasteiger partial charge on any atom is 0.391 e. The van der Waals surface area contributed by atoms with Crippen molar-refractivity contribution in [3.63, 3.8) is 0 Å². The average molecular weight is 289 g/mol. The number of hydrogen-bond donors (Lipinski definition) is 2. The molecule has 1 amide bonds. The van der Waals surface area contributed by atoms with Crippen molar-refractivity contribution in [1.29, 1.82) is 0 Å². The molecule has 3 N–H and O–H groups in total. The second-order valence-electron chi connectivity index (χ2n) is 4.86. The highest BCUT2D eigenvalue weighted by atomic mass is 19.4. The van der Waals surface area contributed by atoms with Crippen molar-refractivity contribution in [3.05, 3.63) is 23.8 Å². The molecule has 1 atom stereocenters. The van der Waals surface area contributed by atoms with Crippen LogP contribution in [0.5, 0.6) is 0 Å². The molecule has 1 aromatic carbocycles. The molecule has 1 rings (SSSR count). The van der Waals surface area contributed by atoms with Gasteiger partial charge in [0.15, 0.2) is 0 Å². The summed E-state index contributed by atoms with van der Waals surface area (Å²) in [6.07, 6.45) is -5.37. The van der Waals surface area contributed by atoms with Crippen molar-refractivity contribution < 1.29 is 18.0 Å². The lowest BCUT2D eigenvalue weighted by atomic mass is 10.1. The van der Waals surface area contributed by atoms with Crippen LogP contribution < -0.4 is 16.0 Å². The summed E-state index contributed by atoms with van der Waals surface area (Å²) in [5.74, 6) is -0.571. The number of hydrogen-bond acceptors (Lipinski definition) is 3. The van der Waals surface area contributed by atoms with E-state index in [1.54, 1.807) is 25.1 Å². The maximum absolute atomic E-state index is 12.2. The number of nitrogens with one attached hydrogen (secondary N) is 1. The third-order valence-electron chi connectivity index (χ3n) is 2.69. The maximum atomic E-state index is 12.2. The normalized spacial score (nSPS) is 12.9. The molecule has 0 aliphatic heterocycles. The molecule has 0 bridgehead atoms. The topological polar surface area (TPSA) is 58.4 Å². The van der Waals surface area contributed by atoms with Crippen LogP contribution >= 0.6 is 0 Å². The smallest absolute Gasteiger partial charge is 0.391 e. The van der Waals surface area contributed by atoms with E-state index in [0.29, 0.717) is 5.69 Å². The fraction of sp³-hybridized carbons (Fsp3) is 0.462. The zero-order valence-electron chi connectivity index (χ0n) is 11.6. The van der Waals surface area contributed by atoms with Crippen molar-refractivity contribution in [2.24, 2.45) is 0 Å². The van der Waals surface area contributed by atoms with E-state index in [0.717, 1.165) is 5.69 Å². The van der Waals surface area contributed by atoms with E-state index < -0.39 is 24.5 Å². The molecular formula is C13H18F3N3O. The van der Waals surface area contributed by atoms with E-state index in [-0.39, 0.29) is 5.56 Å². The van der Waals surface area contributed by atoms with Gasteiger partial charge in [-0.25, -0.2) is 0 Å². The van der Waals surface area contributed by atoms with Crippen LogP contribution in [0.25, 0.3) is 0 Å². The highest BCUT2D eigenvalue weighted by molar-refractivity contribution is 5.96. The first-order valence-corrected chi connectivity index (χ1v) is 6.04. The summed E-state index contributed by atoms with van der Waals surface area (Å²) < 4.78 is 36.6. The zero-order chi connectivity index (χ0) is 15.5. The predicted octanol–water partition coefficient (Wildman–Crippen LogP) is 2.41. The van der Waals surface area contributed by atoms with Crippen LogP contribution in [0.1, 0.15) is 23.7 Å². The Balaban J connectivity index is 2.76. The molecule has 112 valence electrons. The lowest BCUT2D eigenvalue weighted by Crippen LogP contribution is -2.36. The van der Waals surface area contributed by atoms with E-state index in [1.165, 1.54) is 19.1 Å². The number of rotatable bonds is 4. The average Bonchev–Trinajstić information content (AvgIpc) is 2.25. The number of alkyl halides is 3. The summed E-state index contributed by atoms with van der Waals surface area (Å²) in [4.78, 5) is 13.6. The molecular weight excluding hydrogens is 271 g/mol. The van der Waals surface area contributed by atoms with Crippen LogP contribution in [0, 0.1) is 0 Å². The second-order valence-corrected chi connectivity index (χ2v) is 4.86. The number of benzene rings is 1. The fourth-order valence-electron chi connectivity index (χ4n) is 1.81. The largest absolute Gasteiger partial charge is 0.397 e. The van der Waals surface area contributed by atoms with Gasteiger partial charge in [0.1, 0.15) is 0 Å². The Morgan fingerprint density at radius 1 is 1.40 bits per heavy atom. The number of nitrogen functional groups attached to an aromatic ring is 1. The van der Waals surface area contributed by atoms with E-state index in [9.17, 15) is 18.0 Å². The molecule has 0 aromatic heterocycles. The summed E-state index contributed by atoms with van der Waals surface area (Å²) >= 11 is 0. The molecule has 0 radical (unpaired) electrons. The minimum absolute atomic E-state index is 0.238. The Kier molecular flexibility index (Phi) is 4.86. The van der Waals surface area contributed by atoms with Crippen LogP contribution in [-0.4, -0.2) is 32.2 Å². The SMILES string of the molecule is CC(CC(F)(F)F)NC(=O)c1ccc(N(C)C)c(N)c1. The van der Waals surface area contributed by atoms with Gasteiger partial charge in [0.2, 0.25) is 0 Å². The fourth-order valence-corrected chi connectivity index (χ4v) is 1.81. The predicted molar refractivity (Wildman–Crippen MR) is 72.8 cm³/mol. The molecule has 0 saturated carbocycles. The molecule has 0 aliphatic rings. The molecule has 0 spiro atoms. The number of carbonyl (C=O) groups excluding carboxylic acids is 1. The molecule has 0 fully saturated rings. The summed E-state index contributed by atoms with van der Waals surface area (Å²) in [5.41, 5.74) is 7.16. The Bertz CT molecular complexity index is 486. The van der Waals surface area contributed by atoms with Gasteiger partial charge in [-0.05, 0) is 25.1 Å². The van der Waals surface area contributed by atoms with Crippen LogP contribution in [-0.2, 0) is 0 Å². The van der Waals surface area contributed by atoms with Gasteiger partial charge in [-0.2, -0.15) is 13.2 Å². The van der Waals surface area contributed by atoms with E-state index in [1.807, 2.05) is 0 Å². The second kappa shape index (κ2) is 6.02. The van der Waals surface area contributed by atoms with Gasteiger partial charge < -0.3 is 16.0 Å². The van der Waals surface area contributed by atoms with Crippen molar-refractivity contribution in [2.75, 3.05) is 24.7 Å². The van der Waals surface area contributed by atoms with Crippen molar-refractivity contribution in [3.8, 4) is 0 Å². The van der Waals surface area contributed by atoms with Gasteiger partial charge in [-0.15, -0.1) is 0 Å². The number of halogens is 3. The summed E-state index contributed by atoms with van der Waals surface area (Å²) in [6, 6.07) is 3.64. The first-order chi connectivity index (χ1) is 9.10. The van der Waals surface area contributed by atoms with Crippen LogP contribution in [0.3, 0.4) is 0 Å². The van der Waals surface area contributed by atoms with Crippen molar-refractivity contribution in [1.82, 2.24) is 5.32 Å². The highest BCUT2D eigenvalue weighted by Crippen LogP contribution is 2.23. The first kappa shape index (κ1) is 16.1. The molecule has 4 nitrogen and oxygen atoms in total. The summed E-state index contributed by atoms with van der Waals surface area (Å²) in [5, 5.41) is 2.30. The summed E-state index contributed by atoms with van der Waals surface area (Å²) in [7, 11) is 3.60. The first-order valence-electron chi connectivity index (χ1n) is 6.04. The quantitative estimate of drug-likeness (QED) is 0.837. The molecule has 0 heterocycles. The van der Waals surface area contributed by atoms with Crippen molar-refractivity contribution >= 4 is 17.3 Å². The molecule has 0 aliphatic carbocycles. The number of anilines is 2. The van der Waals surface area contributed by atoms with Gasteiger partial charge in [-0.1, -0.05) is 0 Å². The third kappa shape index (κ3) is 4.64. The lowest BCUT2D eigenvalue weighted by Gasteiger charge is -2.18. The Morgan fingerprint density at radius 2 is 2.00 bits per heavy atom. The summed E-state index contributed by atoms with van der Waals surface area (Å²) in [6.45, 7) is 1.31. The van der Waals surface area contributed by atoms with Gasteiger partial charge in [0.05, 0.1) is 17.8 Å². The number of carbonyl (C=O) groups is 1. The van der Waals surface area contributed by atoms with E-state index >= 15 is 0 Å². The minimum atomic E-state index is -4.31. The van der Waals surface area contributed by atoms with Crippen LogP contribution in [0.15, 0.2) is 18.2 Å². The lowest BCUT2D eigenvalue weighted by molar-refractivity contribution is -0.138. The van der Waals surface area contributed by atoms with Gasteiger partial charge in [0, 0.05) is 25.7 Å². The standard InChI is InChI=1S/C13H18F3N3O/c1-8(7-13(14,15)16)18-12(20)9-4-5-11(19(2)3)10(17)6-9/h4-6,8H,7,17H2,1-3H3,(H,18,20). The zero-order valence-corrected chi connectivity index (χ0v) is 11.6. The number of nitrogens with two attached hydrogens (primary N) is 1. The van der Waals surface area contributed by atoms with Crippen molar-refractivity contribution in [2.45, 2.75) is 25.6 Å². The number of nitrogens with zero attached hydrogens (tertiary/aromatic N) is 1. The van der Waals surface area contributed by atoms with Gasteiger partial charge in [0.25, 0.3) is 5.91 Å². The molecule has 0 saturated heterocycles. The van der Waals surface area contributed by atoms with Gasteiger partial charge >= 0.3 is 6.18 Å². The molecule has 1 aromatic rings.